The Balaban J connectivity index is 2.28. The molecule has 1 radical (unpaired) electrons. The fraction of sp³-hybridized carbons (Fsp3) is 0.462. The largest absolute Gasteiger partial charge is 0.465 e. The number of benzene rings is 1. The van der Waals surface area contributed by atoms with Crippen LogP contribution < -0.4 is 5.32 Å². The van der Waals surface area contributed by atoms with Gasteiger partial charge >= 0.3 is 5.97 Å². The Kier molecular flexibility index (Phi) is 3.57. The molecule has 1 heterocycles. The molecule has 3 nitrogen and oxygen atoms in total. The van der Waals surface area contributed by atoms with Crippen LogP contribution in [0.4, 0.5) is 0 Å². The van der Waals surface area contributed by atoms with E-state index in [1.54, 1.807) is 6.07 Å². The summed E-state index contributed by atoms with van der Waals surface area (Å²) >= 11 is 0. The number of esters is 1. The molecule has 1 aromatic rings. The molecule has 0 bridgehead atoms. The van der Waals surface area contributed by atoms with Crippen molar-refractivity contribution in [1.82, 2.24) is 5.32 Å². The maximum atomic E-state index is 11.6. The second kappa shape index (κ2) is 5.12. The molecule has 0 aromatic heterocycles. The summed E-state index contributed by atoms with van der Waals surface area (Å²) in [7, 11) is 1.41. The van der Waals surface area contributed by atoms with Gasteiger partial charge in [0.1, 0.15) is 0 Å². The molecule has 16 heavy (non-hydrogen) atoms. The molecule has 1 saturated heterocycles. The van der Waals surface area contributed by atoms with Crippen molar-refractivity contribution in [3.63, 3.8) is 0 Å². The molecule has 0 saturated carbocycles. The predicted octanol–water partition coefficient (Wildman–Crippen LogP) is 1.74. The van der Waals surface area contributed by atoms with Crippen LogP contribution in [0.25, 0.3) is 0 Å². The monoisotopic (exact) mass is 218 g/mol. The summed E-state index contributed by atoms with van der Waals surface area (Å²) in [5, 5.41) is 3.32. The Hall–Kier alpha value is -1.35. The first kappa shape index (κ1) is 11.1. The second-order valence-corrected chi connectivity index (χ2v) is 4.02. The summed E-state index contributed by atoms with van der Waals surface area (Å²) in [6.07, 6.45) is 2.14. The third-order valence-electron chi connectivity index (χ3n) is 3.06. The van der Waals surface area contributed by atoms with Crippen LogP contribution in [-0.4, -0.2) is 26.2 Å². The van der Waals surface area contributed by atoms with Crippen molar-refractivity contribution in [3.05, 3.63) is 35.4 Å². The standard InChI is InChI=1S/C13H16NO2/c1-16-13(15)12-5-3-2-4-11(12)10-6-8-14-9-7-10/h2-4,10,14H,6-9H2,1H3. The number of hydrogen-bond donors (Lipinski definition) is 1. The van der Waals surface area contributed by atoms with E-state index in [4.69, 9.17) is 4.74 Å². The lowest BCUT2D eigenvalue weighted by Crippen LogP contribution is -2.27. The summed E-state index contributed by atoms with van der Waals surface area (Å²) < 4.78 is 4.78. The molecule has 3 heteroatoms. The maximum absolute atomic E-state index is 11.6. The van der Waals surface area contributed by atoms with Gasteiger partial charge in [-0.05, 0) is 43.5 Å². The first-order valence-electron chi connectivity index (χ1n) is 5.62. The van der Waals surface area contributed by atoms with Gasteiger partial charge < -0.3 is 10.1 Å². The number of carbonyl (C=O) groups is 1. The van der Waals surface area contributed by atoms with Gasteiger partial charge in [-0.2, -0.15) is 0 Å². The SMILES string of the molecule is COC(=O)c1[c]cccc1C1CCNCC1. The average molecular weight is 218 g/mol. The van der Waals surface area contributed by atoms with E-state index in [0.29, 0.717) is 11.5 Å². The third-order valence-corrected chi connectivity index (χ3v) is 3.06. The van der Waals surface area contributed by atoms with Crippen molar-refractivity contribution < 1.29 is 9.53 Å². The summed E-state index contributed by atoms with van der Waals surface area (Å²) in [5.41, 5.74) is 1.67. The molecular formula is C13H16NO2. The maximum Gasteiger partial charge on any atom is 0.338 e. The highest BCUT2D eigenvalue weighted by Crippen LogP contribution is 2.28. The molecular weight excluding hydrogens is 202 g/mol. The first-order valence-corrected chi connectivity index (χ1v) is 5.62. The van der Waals surface area contributed by atoms with E-state index in [9.17, 15) is 4.79 Å². The van der Waals surface area contributed by atoms with Crippen LogP contribution in [0.3, 0.4) is 0 Å². The minimum atomic E-state index is -0.283. The lowest BCUT2D eigenvalue weighted by atomic mass is 9.87. The van der Waals surface area contributed by atoms with Crippen molar-refractivity contribution in [1.29, 1.82) is 0 Å². The molecule has 0 aliphatic carbocycles. The summed E-state index contributed by atoms with van der Waals surface area (Å²) in [4.78, 5) is 11.6. The number of carbonyl (C=O) groups excluding carboxylic acids is 1. The molecule has 1 fully saturated rings. The molecule has 0 unspecified atom stereocenters. The van der Waals surface area contributed by atoms with Gasteiger partial charge in [0.15, 0.2) is 0 Å². The molecule has 2 rings (SSSR count). The van der Waals surface area contributed by atoms with Crippen molar-refractivity contribution in [2.75, 3.05) is 20.2 Å². The Morgan fingerprint density at radius 2 is 2.25 bits per heavy atom. The van der Waals surface area contributed by atoms with E-state index in [1.807, 2.05) is 12.1 Å². The summed E-state index contributed by atoms with van der Waals surface area (Å²) in [6.45, 7) is 2.03. The van der Waals surface area contributed by atoms with Crippen LogP contribution in [0.5, 0.6) is 0 Å². The van der Waals surface area contributed by atoms with Gasteiger partial charge in [-0.25, -0.2) is 4.79 Å². The Labute approximate surface area is 95.8 Å². The van der Waals surface area contributed by atoms with E-state index in [0.717, 1.165) is 31.5 Å². The molecule has 0 amide bonds. The lowest BCUT2D eigenvalue weighted by Gasteiger charge is -2.24. The van der Waals surface area contributed by atoms with Gasteiger partial charge in [-0.15, -0.1) is 0 Å². The fourth-order valence-electron chi connectivity index (χ4n) is 2.20. The number of nitrogens with one attached hydrogen (secondary N) is 1. The van der Waals surface area contributed by atoms with Crippen LogP contribution >= 0.6 is 0 Å². The lowest BCUT2D eigenvalue weighted by molar-refractivity contribution is 0.0598. The molecule has 1 aliphatic heterocycles. The van der Waals surface area contributed by atoms with E-state index < -0.39 is 0 Å². The highest BCUT2D eigenvalue weighted by molar-refractivity contribution is 5.90. The Bertz CT molecular complexity index is 370. The Morgan fingerprint density at radius 3 is 2.94 bits per heavy atom. The van der Waals surface area contributed by atoms with Crippen LogP contribution in [0.15, 0.2) is 18.2 Å². The van der Waals surface area contributed by atoms with Crippen molar-refractivity contribution in [3.8, 4) is 0 Å². The van der Waals surface area contributed by atoms with Gasteiger partial charge in [-0.3, -0.25) is 0 Å². The molecule has 85 valence electrons. The van der Waals surface area contributed by atoms with Crippen LogP contribution in [-0.2, 0) is 4.74 Å². The zero-order valence-electron chi connectivity index (χ0n) is 9.45. The van der Waals surface area contributed by atoms with Gasteiger partial charge in [-0.1, -0.05) is 18.2 Å². The van der Waals surface area contributed by atoms with Gasteiger partial charge in [0.05, 0.1) is 12.7 Å². The smallest absolute Gasteiger partial charge is 0.338 e. The zero-order chi connectivity index (χ0) is 11.4. The first-order chi connectivity index (χ1) is 7.83. The molecule has 0 spiro atoms. The molecule has 1 aliphatic rings. The van der Waals surface area contributed by atoms with Crippen LogP contribution in [0.1, 0.15) is 34.7 Å². The van der Waals surface area contributed by atoms with Crippen molar-refractivity contribution in [2.45, 2.75) is 18.8 Å². The van der Waals surface area contributed by atoms with E-state index >= 15 is 0 Å². The van der Waals surface area contributed by atoms with E-state index in [1.165, 1.54) is 7.11 Å². The average Bonchev–Trinajstić information content (AvgIpc) is 2.39. The number of hydrogen-bond acceptors (Lipinski definition) is 3. The fourth-order valence-corrected chi connectivity index (χ4v) is 2.20. The topological polar surface area (TPSA) is 38.3 Å². The van der Waals surface area contributed by atoms with Crippen LogP contribution in [0.2, 0.25) is 0 Å². The summed E-state index contributed by atoms with van der Waals surface area (Å²) in [6, 6.07) is 8.70. The van der Waals surface area contributed by atoms with Gasteiger partial charge in [0.25, 0.3) is 0 Å². The number of methoxy groups -OCH3 is 1. The van der Waals surface area contributed by atoms with Gasteiger partial charge in [0.2, 0.25) is 0 Å². The predicted molar refractivity (Wildman–Crippen MR) is 61.5 cm³/mol. The number of piperidine rings is 1. The van der Waals surface area contributed by atoms with E-state index in [2.05, 4.69) is 11.4 Å². The quantitative estimate of drug-likeness (QED) is 0.768. The second-order valence-electron chi connectivity index (χ2n) is 4.02. The van der Waals surface area contributed by atoms with Crippen LogP contribution in [0, 0.1) is 6.07 Å². The normalized spacial score (nSPS) is 17.1. The third kappa shape index (κ3) is 2.25. The zero-order valence-corrected chi connectivity index (χ0v) is 9.45. The van der Waals surface area contributed by atoms with Crippen molar-refractivity contribution in [2.24, 2.45) is 0 Å². The highest BCUT2D eigenvalue weighted by Gasteiger charge is 2.21. The molecule has 1 N–H and O–H groups in total. The number of ether oxygens (including phenoxy) is 1. The van der Waals surface area contributed by atoms with Crippen molar-refractivity contribution >= 4 is 5.97 Å². The Morgan fingerprint density at radius 1 is 1.50 bits per heavy atom. The minimum Gasteiger partial charge on any atom is -0.465 e. The minimum absolute atomic E-state index is 0.283. The molecule has 0 atom stereocenters. The summed E-state index contributed by atoms with van der Waals surface area (Å²) in [5.74, 6) is 0.168. The molecule has 1 aromatic carbocycles. The number of rotatable bonds is 2. The van der Waals surface area contributed by atoms with Gasteiger partial charge in [0, 0.05) is 0 Å². The highest BCUT2D eigenvalue weighted by atomic mass is 16.5. The van der Waals surface area contributed by atoms with E-state index in [-0.39, 0.29) is 5.97 Å².